The number of anilines is 2. The molecule has 0 bridgehead atoms. The predicted molar refractivity (Wildman–Crippen MR) is 100.0 cm³/mol. The van der Waals surface area contributed by atoms with Gasteiger partial charge in [0.05, 0.1) is 6.54 Å². The summed E-state index contributed by atoms with van der Waals surface area (Å²) in [6.07, 6.45) is 2.28. The van der Waals surface area contributed by atoms with E-state index in [9.17, 15) is 9.59 Å². The average Bonchev–Trinajstić information content (AvgIpc) is 2.59. The Morgan fingerprint density at radius 1 is 1.28 bits per heavy atom. The number of nitrogen functional groups attached to an aromatic ring is 1. The van der Waals surface area contributed by atoms with E-state index in [1.165, 1.54) is 4.57 Å². The van der Waals surface area contributed by atoms with Crippen LogP contribution in [0.1, 0.15) is 18.4 Å². The van der Waals surface area contributed by atoms with Gasteiger partial charge in [-0.2, -0.15) is 0 Å². The molecule has 1 aliphatic rings. The van der Waals surface area contributed by atoms with E-state index in [0.29, 0.717) is 19.0 Å². The summed E-state index contributed by atoms with van der Waals surface area (Å²) in [4.78, 5) is 29.0. The topological polar surface area (TPSA) is 96.2 Å². The molecule has 1 saturated heterocycles. The second-order valence-electron chi connectivity index (χ2n) is 6.74. The molecule has 2 aromatic rings. The minimum absolute atomic E-state index is 0.182. The monoisotopic (exact) mass is 343 g/mol. The lowest BCUT2D eigenvalue weighted by Crippen LogP contribution is -2.38. The number of H-pyrrole nitrogens is 1. The van der Waals surface area contributed by atoms with Gasteiger partial charge in [-0.25, -0.2) is 4.79 Å². The highest BCUT2D eigenvalue weighted by Crippen LogP contribution is 2.17. The minimum Gasteiger partial charge on any atom is -0.383 e. The van der Waals surface area contributed by atoms with Crippen LogP contribution in [0.15, 0.2) is 39.9 Å². The molecule has 7 heteroatoms. The lowest BCUT2D eigenvalue weighted by molar-refractivity contribution is 0.217. The van der Waals surface area contributed by atoms with E-state index in [2.05, 4.69) is 22.2 Å². The van der Waals surface area contributed by atoms with Gasteiger partial charge in [-0.15, -0.1) is 0 Å². The molecule has 1 fully saturated rings. The van der Waals surface area contributed by atoms with E-state index in [4.69, 9.17) is 5.73 Å². The van der Waals surface area contributed by atoms with Crippen molar-refractivity contribution >= 4 is 11.5 Å². The fraction of sp³-hybridized carbons (Fsp3) is 0.444. The summed E-state index contributed by atoms with van der Waals surface area (Å²) in [5, 5.41) is 3.17. The van der Waals surface area contributed by atoms with Crippen molar-refractivity contribution in [3.8, 4) is 0 Å². The Labute approximate surface area is 146 Å². The molecule has 4 N–H and O–H groups in total. The van der Waals surface area contributed by atoms with E-state index < -0.39 is 11.2 Å². The van der Waals surface area contributed by atoms with Crippen LogP contribution >= 0.6 is 0 Å². The Hall–Kier alpha value is -2.54. The van der Waals surface area contributed by atoms with Crippen molar-refractivity contribution in [3.05, 3.63) is 56.7 Å². The Morgan fingerprint density at radius 2 is 2.04 bits per heavy atom. The molecule has 0 saturated carbocycles. The number of nitrogens with two attached hydrogens (primary N) is 1. The summed E-state index contributed by atoms with van der Waals surface area (Å²) < 4.78 is 1.39. The van der Waals surface area contributed by atoms with Crippen molar-refractivity contribution in [1.29, 1.82) is 0 Å². The van der Waals surface area contributed by atoms with E-state index in [1.54, 1.807) is 0 Å². The first-order valence-corrected chi connectivity index (χ1v) is 8.63. The highest BCUT2D eigenvalue weighted by molar-refractivity contribution is 5.60. The maximum absolute atomic E-state index is 12.2. The number of aromatic nitrogens is 2. The normalized spacial score (nSPS) is 18.2. The first kappa shape index (κ1) is 17.3. The van der Waals surface area contributed by atoms with Gasteiger partial charge in [-0.1, -0.05) is 30.3 Å². The van der Waals surface area contributed by atoms with Crippen molar-refractivity contribution in [3.63, 3.8) is 0 Å². The Balaban J connectivity index is 1.80. The highest BCUT2D eigenvalue weighted by Gasteiger charge is 2.19. The number of hydrogen-bond donors (Lipinski definition) is 3. The van der Waals surface area contributed by atoms with E-state index >= 15 is 0 Å². The summed E-state index contributed by atoms with van der Waals surface area (Å²) in [6, 6.07) is 9.56. The minimum atomic E-state index is -0.491. The molecule has 25 heavy (non-hydrogen) atoms. The molecule has 7 nitrogen and oxygen atoms in total. The van der Waals surface area contributed by atoms with Crippen molar-refractivity contribution in [2.75, 3.05) is 37.7 Å². The zero-order valence-electron chi connectivity index (χ0n) is 14.5. The number of piperidine rings is 1. The zero-order valence-corrected chi connectivity index (χ0v) is 14.5. The summed E-state index contributed by atoms with van der Waals surface area (Å²) in [6.45, 7) is 3.10. The number of rotatable bonds is 5. The molecule has 134 valence electrons. The number of benzene rings is 1. The molecule has 1 unspecified atom stereocenters. The molecule has 1 aromatic heterocycles. The molecule has 1 aromatic carbocycles. The fourth-order valence-electron chi connectivity index (χ4n) is 3.37. The third-order valence-electron chi connectivity index (χ3n) is 4.71. The van der Waals surface area contributed by atoms with Crippen LogP contribution < -0.4 is 22.3 Å². The first-order valence-electron chi connectivity index (χ1n) is 8.63. The summed E-state index contributed by atoms with van der Waals surface area (Å²) in [5.74, 6) is 0.647. The molecule has 0 radical (unpaired) electrons. The lowest BCUT2D eigenvalue weighted by atomic mass is 9.98. The quantitative estimate of drug-likeness (QED) is 0.750. The maximum atomic E-state index is 12.2. The van der Waals surface area contributed by atoms with Gasteiger partial charge in [0.15, 0.2) is 0 Å². The van der Waals surface area contributed by atoms with Gasteiger partial charge < -0.3 is 16.0 Å². The summed E-state index contributed by atoms with van der Waals surface area (Å²) in [5.41, 5.74) is 6.42. The van der Waals surface area contributed by atoms with Crippen molar-refractivity contribution < 1.29 is 0 Å². The standard InChI is InChI=1S/C18H25N5O2/c1-22-9-5-8-14(11-22)10-20-15-16(19)23(18(25)21-17(15)24)12-13-6-3-2-4-7-13/h2-4,6-7,14,20H,5,8-12,19H2,1H3,(H,21,24,25). The number of nitrogens with zero attached hydrogens (tertiary/aromatic N) is 2. The third kappa shape index (κ3) is 4.11. The van der Waals surface area contributed by atoms with E-state index in [0.717, 1.165) is 31.5 Å². The molecule has 2 heterocycles. The smallest absolute Gasteiger partial charge is 0.330 e. The largest absolute Gasteiger partial charge is 0.383 e. The molecular weight excluding hydrogens is 318 g/mol. The molecule has 0 aliphatic carbocycles. The highest BCUT2D eigenvalue weighted by atomic mass is 16.2. The van der Waals surface area contributed by atoms with Crippen LogP contribution in [-0.2, 0) is 6.54 Å². The third-order valence-corrected chi connectivity index (χ3v) is 4.71. The average molecular weight is 343 g/mol. The lowest BCUT2D eigenvalue weighted by Gasteiger charge is -2.30. The van der Waals surface area contributed by atoms with Crippen LogP contribution in [0.25, 0.3) is 0 Å². The van der Waals surface area contributed by atoms with Gasteiger partial charge in [0.1, 0.15) is 11.5 Å². The molecule has 1 atom stereocenters. The SMILES string of the molecule is CN1CCCC(CNc2c(N)n(Cc3ccccc3)c(=O)[nH]c2=O)C1. The number of hydrogen-bond acceptors (Lipinski definition) is 5. The number of likely N-dealkylation sites (tertiary alicyclic amines) is 1. The van der Waals surface area contributed by atoms with Crippen molar-refractivity contribution in [2.24, 2.45) is 5.92 Å². The van der Waals surface area contributed by atoms with Gasteiger partial charge in [0.2, 0.25) is 0 Å². The van der Waals surface area contributed by atoms with Crippen LogP contribution in [0, 0.1) is 5.92 Å². The van der Waals surface area contributed by atoms with Crippen LogP contribution in [0.3, 0.4) is 0 Å². The van der Waals surface area contributed by atoms with E-state index in [-0.39, 0.29) is 11.5 Å². The van der Waals surface area contributed by atoms with E-state index in [1.807, 2.05) is 30.3 Å². The van der Waals surface area contributed by atoms with Crippen LogP contribution in [0.4, 0.5) is 11.5 Å². The summed E-state index contributed by atoms with van der Waals surface area (Å²) >= 11 is 0. The van der Waals surface area contributed by atoms with Crippen LogP contribution in [-0.4, -0.2) is 41.1 Å². The van der Waals surface area contributed by atoms with Crippen LogP contribution in [0.5, 0.6) is 0 Å². The molecule has 3 rings (SSSR count). The fourth-order valence-corrected chi connectivity index (χ4v) is 3.37. The van der Waals surface area contributed by atoms with Gasteiger partial charge in [-0.05, 0) is 37.9 Å². The Morgan fingerprint density at radius 3 is 2.76 bits per heavy atom. The number of aromatic amines is 1. The van der Waals surface area contributed by atoms with Crippen molar-refractivity contribution in [2.45, 2.75) is 19.4 Å². The van der Waals surface area contributed by atoms with Gasteiger partial charge in [-0.3, -0.25) is 14.3 Å². The predicted octanol–water partition coefficient (Wildman–Crippen LogP) is 0.921. The molecule has 0 amide bonds. The second kappa shape index (κ2) is 7.57. The van der Waals surface area contributed by atoms with Gasteiger partial charge in [0.25, 0.3) is 5.56 Å². The first-order chi connectivity index (χ1) is 12.0. The molecular formula is C18H25N5O2. The number of nitrogens with one attached hydrogen (secondary N) is 2. The van der Waals surface area contributed by atoms with Gasteiger partial charge in [0, 0.05) is 13.1 Å². The molecule has 0 spiro atoms. The second-order valence-corrected chi connectivity index (χ2v) is 6.74. The Bertz CT molecular complexity index is 828. The zero-order chi connectivity index (χ0) is 17.8. The Kier molecular flexibility index (Phi) is 5.23. The van der Waals surface area contributed by atoms with Crippen LogP contribution in [0.2, 0.25) is 0 Å². The van der Waals surface area contributed by atoms with Gasteiger partial charge >= 0.3 is 5.69 Å². The maximum Gasteiger partial charge on any atom is 0.330 e. The summed E-state index contributed by atoms with van der Waals surface area (Å²) in [7, 11) is 2.10. The molecule has 1 aliphatic heterocycles. The van der Waals surface area contributed by atoms with Crippen molar-refractivity contribution in [1.82, 2.24) is 14.5 Å².